The number of tetrazole rings is 2. The largest absolute Gasteiger partial charge is 0.497 e. The van der Waals surface area contributed by atoms with Crippen molar-refractivity contribution in [3.05, 3.63) is 210 Å². The number of methoxy groups -OCH3 is 6. The summed E-state index contributed by atoms with van der Waals surface area (Å²) in [6, 6.07) is 47.5. The van der Waals surface area contributed by atoms with E-state index in [1.54, 1.807) is 177 Å². The fraction of sp³-hybridized carbons (Fsp3) is 0.316. The van der Waals surface area contributed by atoms with Gasteiger partial charge < -0.3 is 48.5 Å². The molecule has 2 aromatic heterocycles. The molecule has 2 amide bonds. The Morgan fingerprint density at radius 3 is 1.05 bits per heavy atom. The van der Waals surface area contributed by atoms with Crippen LogP contribution in [0.15, 0.2) is 189 Å². The summed E-state index contributed by atoms with van der Waals surface area (Å²) < 4.78 is 166. The molecule has 112 heavy (non-hydrogen) atoms. The SMILES string of the molecule is COc1ccc(CN(Cc2ccc(OC)cc2)S(=O)(=O)c2c(S(=O)(=O)CCNC(=O)OC(C)(C)C)ccc(I)c2-c2nnn(Cc3ccc(OC)cc3)n2)cc1.COc1ccc(CN(Cc2ccc(OC)cc2)S(=O)(=O)c2c(S(=O)(=O)CCNC(=O)OC(C)(C)C)ccc(I)c2-c2nnnn2Cc2ccc(OC)cc2)cc1. The number of hydrogen-bond acceptors (Lipinski definition) is 24. The van der Waals surface area contributed by atoms with Gasteiger partial charge in [0, 0.05) is 46.4 Å². The van der Waals surface area contributed by atoms with Gasteiger partial charge in [-0.15, -0.1) is 15.3 Å². The molecule has 8 aromatic carbocycles. The quantitative estimate of drug-likeness (QED) is 0.0370. The highest BCUT2D eigenvalue weighted by Gasteiger charge is 2.40. The summed E-state index contributed by atoms with van der Waals surface area (Å²) in [5, 5.41) is 30.2. The zero-order chi connectivity index (χ0) is 81.3. The van der Waals surface area contributed by atoms with E-state index in [-0.39, 0.29) is 75.1 Å². The van der Waals surface area contributed by atoms with Crippen LogP contribution in [0.2, 0.25) is 0 Å². The van der Waals surface area contributed by atoms with Crippen LogP contribution >= 0.6 is 45.2 Å². The number of sulfonamides is 2. The molecule has 36 heteroatoms. The first kappa shape index (κ1) is 86.4. The van der Waals surface area contributed by atoms with Gasteiger partial charge in [0.05, 0.1) is 88.2 Å². The van der Waals surface area contributed by atoms with Gasteiger partial charge in [0.15, 0.2) is 25.5 Å². The molecule has 2 N–H and O–H groups in total. The van der Waals surface area contributed by atoms with E-state index in [2.05, 4.69) is 41.6 Å². The minimum atomic E-state index is -4.74. The van der Waals surface area contributed by atoms with Gasteiger partial charge in [0.2, 0.25) is 25.9 Å². The Balaban J connectivity index is 0.000000257. The van der Waals surface area contributed by atoms with E-state index in [1.807, 2.05) is 69.4 Å². The second-order valence-electron chi connectivity index (χ2n) is 26.9. The molecule has 0 aliphatic heterocycles. The lowest BCUT2D eigenvalue weighted by atomic mass is 10.2. The minimum absolute atomic E-state index is 0.000231. The third-order valence-corrected chi connectivity index (χ3v) is 25.9. The second kappa shape index (κ2) is 37.8. The Kier molecular flexibility index (Phi) is 29.2. The van der Waals surface area contributed by atoms with Crippen LogP contribution in [0.5, 0.6) is 34.5 Å². The van der Waals surface area contributed by atoms with Gasteiger partial charge in [0.1, 0.15) is 55.5 Å². The number of ether oxygens (including phenoxy) is 8. The number of hydrogen-bond donors (Lipinski definition) is 2. The molecule has 2 heterocycles. The van der Waals surface area contributed by atoms with Gasteiger partial charge >= 0.3 is 12.2 Å². The summed E-state index contributed by atoms with van der Waals surface area (Å²) in [5.41, 5.74) is 2.38. The number of alkyl carbamates (subject to hydrolysis) is 2. The van der Waals surface area contributed by atoms with E-state index >= 15 is 16.8 Å². The van der Waals surface area contributed by atoms with Gasteiger partial charge in [0.25, 0.3) is 0 Å². The average molecular weight is 1840 g/mol. The van der Waals surface area contributed by atoms with E-state index < -0.39 is 94.2 Å². The van der Waals surface area contributed by atoms with E-state index in [9.17, 15) is 26.4 Å². The fourth-order valence-corrected chi connectivity index (χ4v) is 20.1. The lowest BCUT2D eigenvalue weighted by molar-refractivity contribution is 0.0519. The Bertz CT molecular complexity index is 5270. The van der Waals surface area contributed by atoms with Crippen LogP contribution in [0.25, 0.3) is 22.8 Å². The monoisotopic (exact) mass is 1840 g/mol. The molecule has 0 saturated carbocycles. The van der Waals surface area contributed by atoms with Crippen molar-refractivity contribution in [2.75, 3.05) is 67.3 Å². The highest BCUT2D eigenvalue weighted by atomic mass is 127. The van der Waals surface area contributed by atoms with Crippen molar-refractivity contribution >= 4 is 97.1 Å². The van der Waals surface area contributed by atoms with Crippen molar-refractivity contribution in [2.45, 2.75) is 112 Å². The minimum Gasteiger partial charge on any atom is -0.497 e. The average Bonchev–Trinajstić information content (AvgIpc) is 1.12. The number of sulfone groups is 2. The standard InChI is InChI=1S/2C38H43IN6O9S2/c1-38(2,3)54-37(46)40-21-22-55(47,48)33-20-19-32(39)34(36-41-42-43-45(36)25-28-11-17-31(53-6)18-12-28)35(33)56(49,50)44(23-26-7-13-29(51-4)14-8-26)24-27-9-15-30(52-5)16-10-27;1-38(2,3)54-37(46)40-21-22-55(47,48)33-20-19-32(39)34(36-41-43-45(42-36)25-28-11-17-31(53-6)18-12-28)35(33)56(49,50)44(23-26-7-13-29(51-4)14-8-26)24-27-9-15-30(52-5)16-10-27/h2*7-20H,21-25H2,1-6H3,(H,40,46). The summed E-state index contributed by atoms with van der Waals surface area (Å²) in [6.07, 6.45) is -1.63. The lowest BCUT2D eigenvalue weighted by Gasteiger charge is -2.26. The number of aromatic nitrogens is 8. The second-order valence-corrected chi connectivity index (χ2v) is 37.2. The first-order valence-electron chi connectivity index (χ1n) is 34.4. The van der Waals surface area contributed by atoms with Crippen LogP contribution in [0.1, 0.15) is 74.9 Å². The molecular formula is C76H86I2N12O18S4. The van der Waals surface area contributed by atoms with Crippen molar-refractivity contribution < 1.29 is 81.2 Å². The molecule has 0 unspecified atom stereocenters. The van der Waals surface area contributed by atoms with Crippen molar-refractivity contribution in [3.8, 4) is 57.3 Å². The molecule has 0 aliphatic rings. The summed E-state index contributed by atoms with van der Waals surface area (Å²) in [7, 11) is -9.06. The molecule has 0 saturated heterocycles. The molecule has 0 aliphatic carbocycles. The zero-order valence-corrected chi connectivity index (χ0v) is 71.0. The first-order valence-corrected chi connectivity index (χ1v) is 42.8. The number of carbonyl (C=O) groups excluding carboxylic acids is 2. The van der Waals surface area contributed by atoms with E-state index in [1.165, 1.54) is 70.8 Å². The van der Waals surface area contributed by atoms with Crippen LogP contribution in [0.3, 0.4) is 0 Å². The first-order chi connectivity index (χ1) is 53.1. The van der Waals surface area contributed by atoms with E-state index in [0.29, 0.717) is 63.9 Å². The lowest BCUT2D eigenvalue weighted by Crippen LogP contribution is -2.35. The number of rotatable bonds is 32. The number of benzene rings is 8. The maximum atomic E-state index is 15.4. The van der Waals surface area contributed by atoms with Crippen LogP contribution in [0.4, 0.5) is 9.59 Å². The smallest absolute Gasteiger partial charge is 0.407 e. The van der Waals surface area contributed by atoms with Gasteiger partial charge in [-0.05, 0) is 233 Å². The predicted octanol–water partition coefficient (Wildman–Crippen LogP) is 11.4. The molecule has 30 nitrogen and oxygen atoms in total. The number of nitrogens with one attached hydrogen (secondary N) is 2. The highest BCUT2D eigenvalue weighted by Crippen LogP contribution is 2.41. The number of halogens is 2. The molecular weight excluding hydrogens is 1750 g/mol. The summed E-state index contributed by atoms with van der Waals surface area (Å²) in [5.74, 6) is 2.28. The molecule has 0 bridgehead atoms. The van der Waals surface area contributed by atoms with Gasteiger partial charge in [-0.1, -0.05) is 72.8 Å². The highest BCUT2D eigenvalue weighted by molar-refractivity contribution is 14.1. The Morgan fingerprint density at radius 2 is 0.723 bits per heavy atom. The summed E-state index contributed by atoms with van der Waals surface area (Å²) in [6.45, 7) is 9.13. The van der Waals surface area contributed by atoms with Crippen molar-refractivity contribution in [1.82, 2.24) is 59.7 Å². The van der Waals surface area contributed by atoms with Crippen LogP contribution in [-0.2, 0) is 88.5 Å². The topological polar surface area (TPSA) is 362 Å². The number of amides is 2. The third kappa shape index (κ3) is 23.1. The molecule has 0 fully saturated rings. The van der Waals surface area contributed by atoms with Crippen molar-refractivity contribution in [2.24, 2.45) is 0 Å². The van der Waals surface area contributed by atoms with Crippen LogP contribution in [0, 0.1) is 7.14 Å². The summed E-state index contributed by atoms with van der Waals surface area (Å²) in [4.78, 5) is 24.1. The summed E-state index contributed by atoms with van der Waals surface area (Å²) >= 11 is 3.90. The van der Waals surface area contributed by atoms with Crippen LogP contribution < -0.4 is 39.1 Å². The normalized spacial score (nSPS) is 12.0. The number of nitrogens with zero attached hydrogens (tertiary/aromatic N) is 10. The molecule has 0 atom stereocenters. The Hall–Kier alpha value is -9.58. The maximum Gasteiger partial charge on any atom is 0.407 e. The Labute approximate surface area is 679 Å². The third-order valence-electron chi connectivity index (χ3n) is 16.6. The van der Waals surface area contributed by atoms with Crippen LogP contribution in [-0.4, -0.2) is 173 Å². The van der Waals surface area contributed by atoms with Crippen molar-refractivity contribution in [1.29, 1.82) is 0 Å². The van der Waals surface area contributed by atoms with Crippen molar-refractivity contribution in [3.63, 3.8) is 0 Å². The maximum absolute atomic E-state index is 15.4. The fourth-order valence-electron chi connectivity index (χ4n) is 11.1. The molecule has 10 rings (SSSR count). The van der Waals surface area contributed by atoms with Gasteiger partial charge in [-0.25, -0.2) is 47.9 Å². The molecule has 10 aromatic rings. The van der Waals surface area contributed by atoms with E-state index in [0.717, 1.165) is 11.1 Å². The number of carbonyl (C=O) groups is 2. The molecule has 0 spiro atoms. The molecule has 596 valence electrons. The van der Waals surface area contributed by atoms with E-state index in [4.69, 9.17) is 37.9 Å². The van der Waals surface area contributed by atoms with Gasteiger partial charge in [-0.2, -0.15) is 13.4 Å². The zero-order valence-electron chi connectivity index (χ0n) is 63.4. The predicted molar refractivity (Wildman–Crippen MR) is 434 cm³/mol. The molecule has 0 radical (unpaired) electrons. The Morgan fingerprint density at radius 1 is 0.411 bits per heavy atom. The van der Waals surface area contributed by atoms with Gasteiger partial charge in [-0.3, -0.25) is 0 Å².